The number of benzene rings is 1. The molecule has 1 aliphatic heterocycles. The van der Waals surface area contributed by atoms with Gasteiger partial charge in [0.05, 0.1) is 9.77 Å². The van der Waals surface area contributed by atoms with Gasteiger partial charge in [-0.15, -0.1) is 11.3 Å². The van der Waals surface area contributed by atoms with E-state index in [0.29, 0.717) is 56.1 Å². The molecule has 10 heteroatoms. The number of nitrogens with zero attached hydrogens (tertiary/aromatic N) is 1. The van der Waals surface area contributed by atoms with Gasteiger partial charge in [0.25, 0.3) is 5.91 Å². The summed E-state index contributed by atoms with van der Waals surface area (Å²) in [5, 5.41) is 4.73. The molecule has 8 nitrogen and oxygen atoms in total. The molecule has 1 aromatic carbocycles. The highest BCUT2D eigenvalue weighted by Crippen LogP contribution is 2.23. The van der Waals surface area contributed by atoms with Crippen LogP contribution in [-0.2, 0) is 19.6 Å². The molecule has 0 radical (unpaired) electrons. The third kappa shape index (κ3) is 6.36. The first-order chi connectivity index (χ1) is 14.9. The molecule has 1 aliphatic rings. The summed E-state index contributed by atoms with van der Waals surface area (Å²) < 4.78 is 32.0. The summed E-state index contributed by atoms with van der Waals surface area (Å²) in [4.78, 5) is 27.7. The molecule has 0 spiro atoms. The summed E-state index contributed by atoms with van der Waals surface area (Å²) in [6, 6.07) is 9.76. The number of anilines is 1. The van der Waals surface area contributed by atoms with Gasteiger partial charge in [0, 0.05) is 45.0 Å². The van der Waals surface area contributed by atoms with Crippen molar-refractivity contribution >= 4 is 38.9 Å². The second-order valence-electron chi connectivity index (χ2n) is 7.30. The number of thiophene rings is 1. The first-order valence-electron chi connectivity index (χ1n) is 10.1. The third-order valence-corrected chi connectivity index (χ3v) is 7.47. The molecule has 1 aromatic heterocycles. The monoisotopic (exact) mass is 465 g/mol. The maximum Gasteiger partial charge on any atom is 0.263 e. The summed E-state index contributed by atoms with van der Waals surface area (Å²) in [5.41, 5.74) is 0.542. The maximum atomic E-state index is 12.6. The zero-order valence-corrected chi connectivity index (χ0v) is 19.0. The van der Waals surface area contributed by atoms with Gasteiger partial charge in [0.1, 0.15) is 0 Å². The molecule has 0 saturated carbocycles. The summed E-state index contributed by atoms with van der Waals surface area (Å²) in [6.45, 7) is 1.86. The average molecular weight is 466 g/mol. The second kappa shape index (κ2) is 10.9. The zero-order valence-electron chi connectivity index (χ0n) is 17.4. The van der Waals surface area contributed by atoms with Crippen molar-refractivity contribution in [3.63, 3.8) is 0 Å². The lowest BCUT2D eigenvalue weighted by Crippen LogP contribution is -2.41. The third-order valence-electron chi connectivity index (χ3n) is 5.13. The van der Waals surface area contributed by atoms with Crippen molar-refractivity contribution < 1.29 is 22.7 Å². The van der Waals surface area contributed by atoms with E-state index < -0.39 is 10.0 Å². The van der Waals surface area contributed by atoms with Crippen LogP contribution in [0, 0.1) is 5.92 Å². The highest BCUT2D eigenvalue weighted by molar-refractivity contribution is 7.89. The van der Waals surface area contributed by atoms with E-state index >= 15 is 0 Å². The lowest BCUT2D eigenvalue weighted by Gasteiger charge is -2.31. The molecule has 1 saturated heterocycles. The van der Waals surface area contributed by atoms with Crippen molar-refractivity contribution in [3.8, 4) is 0 Å². The fraction of sp³-hybridized carbons (Fsp3) is 0.429. The number of rotatable bonds is 9. The molecule has 0 bridgehead atoms. The van der Waals surface area contributed by atoms with E-state index in [-0.39, 0.29) is 22.6 Å². The molecule has 0 atom stereocenters. The standard InChI is InChI=1S/C21H27N3O5S2/c1-29-14-3-11-22-31(27,28)18-7-5-17(6-8-18)23-20(25)16-9-12-24(13-10-16)21(26)19-4-2-15-30-19/h2,4-8,15-16,22H,3,9-14H2,1H3,(H,23,25). The van der Waals surface area contributed by atoms with Gasteiger partial charge in [0.15, 0.2) is 0 Å². The molecule has 0 unspecified atom stereocenters. The Morgan fingerprint density at radius 2 is 1.87 bits per heavy atom. The second-order valence-corrected chi connectivity index (χ2v) is 10.0. The molecule has 0 aliphatic carbocycles. The predicted molar refractivity (Wildman–Crippen MR) is 120 cm³/mol. The van der Waals surface area contributed by atoms with Gasteiger partial charge in [-0.25, -0.2) is 13.1 Å². The number of amides is 2. The Bertz CT molecular complexity index is 967. The van der Waals surface area contributed by atoms with Gasteiger partial charge in [-0.2, -0.15) is 0 Å². The number of ether oxygens (including phenoxy) is 1. The van der Waals surface area contributed by atoms with E-state index in [1.165, 1.54) is 23.5 Å². The van der Waals surface area contributed by atoms with E-state index in [1.54, 1.807) is 24.1 Å². The first kappa shape index (κ1) is 23.4. The van der Waals surface area contributed by atoms with E-state index in [4.69, 9.17) is 4.74 Å². The Kier molecular flexibility index (Phi) is 8.19. The predicted octanol–water partition coefficient (Wildman–Crippen LogP) is 2.55. The number of hydrogen-bond acceptors (Lipinski definition) is 6. The van der Waals surface area contributed by atoms with Crippen molar-refractivity contribution in [1.82, 2.24) is 9.62 Å². The normalized spacial score (nSPS) is 15.1. The lowest BCUT2D eigenvalue weighted by molar-refractivity contribution is -0.121. The Morgan fingerprint density at radius 3 is 2.48 bits per heavy atom. The molecule has 2 amide bonds. The average Bonchev–Trinajstić information content (AvgIpc) is 3.32. The fourth-order valence-electron chi connectivity index (χ4n) is 3.37. The minimum absolute atomic E-state index is 0.0153. The summed E-state index contributed by atoms with van der Waals surface area (Å²) in [5.74, 6) is -0.281. The van der Waals surface area contributed by atoms with Crippen LogP contribution in [0.25, 0.3) is 0 Å². The number of nitrogens with one attached hydrogen (secondary N) is 2. The maximum absolute atomic E-state index is 12.6. The number of carbonyl (C=O) groups is 2. The Hall–Kier alpha value is -2.27. The summed E-state index contributed by atoms with van der Waals surface area (Å²) in [7, 11) is -2.03. The van der Waals surface area contributed by atoms with Crippen molar-refractivity contribution in [1.29, 1.82) is 0 Å². The van der Waals surface area contributed by atoms with Crippen LogP contribution in [-0.4, -0.2) is 58.5 Å². The SMILES string of the molecule is COCCCNS(=O)(=O)c1ccc(NC(=O)C2CCN(C(=O)c3cccs3)CC2)cc1. The Morgan fingerprint density at radius 1 is 1.16 bits per heavy atom. The molecular formula is C21H27N3O5S2. The number of likely N-dealkylation sites (tertiary alicyclic amines) is 1. The smallest absolute Gasteiger partial charge is 0.263 e. The van der Waals surface area contributed by atoms with Gasteiger partial charge in [-0.1, -0.05) is 6.07 Å². The molecule has 2 aromatic rings. The van der Waals surface area contributed by atoms with Crippen LogP contribution in [0.3, 0.4) is 0 Å². The summed E-state index contributed by atoms with van der Waals surface area (Å²) in [6.07, 6.45) is 1.78. The number of piperidine rings is 1. The number of carbonyl (C=O) groups excluding carboxylic acids is 2. The number of methoxy groups -OCH3 is 1. The molecule has 2 N–H and O–H groups in total. The first-order valence-corrected chi connectivity index (χ1v) is 12.5. The Labute approximate surface area is 186 Å². The molecule has 1 fully saturated rings. The van der Waals surface area contributed by atoms with Crippen LogP contribution < -0.4 is 10.0 Å². The number of sulfonamides is 1. The molecule has 31 heavy (non-hydrogen) atoms. The van der Waals surface area contributed by atoms with Crippen LogP contribution in [0.2, 0.25) is 0 Å². The Balaban J connectivity index is 1.49. The lowest BCUT2D eigenvalue weighted by atomic mass is 9.95. The van der Waals surface area contributed by atoms with Crippen molar-refractivity contribution in [3.05, 3.63) is 46.7 Å². The highest BCUT2D eigenvalue weighted by atomic mass is 32.2. The van der Waals surface area contributed by atoms with Crippen LogP contribution >= 0.6 is 11.3 Å². The van der Waals surface area contributed by atoms with Gasteiger partial charge >= 0.3 is 0 Å². The van der Waals surface area contributed by atoms with Gasteiger partial charge in [-0.3, -0.25) is 9.59 Å². The van der Waals surface area contributed by atoms with Crippen molar-refractivity contribution in [2.45, 2.75) is 24.2 Å². The van der Waals surface area contributed by atoms with Crippen LogP contribution in [0.1, 0.15) is 28.9 Å². The topological polar surface area (TPSA) is 105 Å². The van der Waals surface area contributed by atoms with E-state index in [1.807, 2.05) is 17.5 Å². The van der Waals surface area contributed by atoms with Crippen LogP contribution in [0.5, 0.6) is 0 Å². The van der Waals surface area contributed by atoms with Gasteiger partial charge in [-0.05, 0) is 55.0 Å². The van der Waals surface area contributed by atoms with Crippen molar-refractivity contribution in [2.75, 3.05) is 38.7 Å². The molecular weight excluding hydrogens is 438 g/mol. The zero-order chi connectivity index (χ0) is 22.3. The highest BCUT2D eigenvalue weighted by Gasteiger charge is 2.28. The molecule has 3 rings (SSSR count). The minimum Gasteiger partial charge on any atom is -0.385 e. The summed E-state index contributed by atoms with van der Waals surface area (Å²) >= 11 is 1.42. The largest absolute Gasteiger partial charge is 0.385 e. The van der Waals surface area contributed by atoms with Crippen molar-refractivity contribution in [2.24, 2.45) is 5.92 Å². The van der Waals surface area contributed by atoms with Crippen LogP contribution in [0.4, 0.5) is 5.69 Å². The minimum atomic E-state index is -3.59. The quantitative estimate of drug-likeness (QED) is 0.554. The van der Waals surface area contributed by atoms with Crippen LogP contribution in [0.15, 0.2) is 46.7 Å². The fourth-order valence-corrected chi connectivity index (χ4v) is 5.13. The van der Waals surface area contributed by atoms with E-state index in [9.17, 15) is 18.0 Å². The van der Waals surface area contributed by atoms with Gasteiger partial charge < -0.3 is 15.0 Å². The van der Waals surface area contributed by atoms with E-state index in [2.05, 4.69) is 10.0 Å². The molecule has 168 valence electrons. The number of hydrogen-bond donors (Lipinski definition) is 2. The van der Waals surface area contributed by atoms with E-state index in [0.717, 1.165) is 0 Å². The van der Waals surface area contributed by atoms with Gasteiger partial charge in [0.2, 0.25) is 15.9 Å². The molecule has 2 heterocycles.